The number of benzene rings is 1. The summed E-state index contributed by atoms with van der Waals surface area (Å²) in [6, 6.07) is 9.98. The Labute approximate surface area is 177 Å². The second-order valence-electron chi connectivity index (χ2n) is 7.41. The summed E-state index contributed by atoms with van der Waals surface area (Å²) >= 11 is 1.54. The van der Waals surface area contributed by atoms with Crippen LogP contribution < -0.4 is 9.80 Å². The van der Waals surface area contributed by atoms with Crippen LogP contribution in [0.2, 0.25) is 0 Å². The molecule has 0 spiro atoms. The highest BCUT2D eigenvalue weighted by atomic mass is 32.1. The second-order valence-corrected chi connectivity index (χ2v) is 8.42. The van der Waals surface area contributed by atoms with Crippen LogP contribution in [0.3, 0.4) is 0 Å². The van der Waals surface area contributed by atoms with Crippen LogP contribution in [0.15, 0.2) is 36.7 Å². The third kappa shape index (κ3) is 3.48. The minimum absolute atomic E-state index is 0.0564. The van der Waals surface area contributed by atoms with Crippen molar-refractivity contribution in [1.29, 1.82) is 0 Å². The lowest BCUT2D eigenvalue weighted by molar-refractivity contribution is -0.119. The number of hydrogen-bond donors (Lipinski definition) is 0. The van der Waals surface area contributed by atoms with Gasteiger partial charge in [0, 0.05) is 45.0 Å². The molecule has 0 aliphatic carbocycles. The van der Waals surface area contributed by atoms with Crippen LogP contribution in [0.4, 0.5) is 10.9 Å². The van der Waals surface area contributed by atoms with Crippen molar-refractivity contribution in [3.05, 3.63) is 42.4 Å². The molecular formula is C20H22N8OS. The Morgan fingerprint density at radius 3 is 2.77 bits per heavy atom. The van der Waals surface area contributed by atoms with E-state index in [1.807, 2.05) is 37.3 Å². The molecule has 3 aromatic heterocycles. The molecule has 0 bridgehead atoms. The van der Waals surface area contributed by atoms with Crippen LogP contribution in [0, 0.1) is 6.92 Å². The zero-order chi connectivity index (χ0) is 20.7. The first-order chi connectivity index (χ1) is 14.6. The van der Waals surface area contributed by atoms with E-state index in [9.17, 15) is 4.79 Å². The Morgan fingerprint density at radius 1 is 1.17 bits per heavy atom. The molecule has 0 N–H and O–H groups in total. The average molecular weight is 423 g/mol. The number of aryl methyl sites for hydroxylation is 1. The number of piperazine rings is 1. The van der Waals surface area contributed by atoms with E-state index in [0.717, 1.165) is 53.0 Å². The smallest absolute Gasteiger partial charge is 0.254 e. The van der Waals surface area contributed by atoms with Crippen molar-refractivity contribution in [3.8, 4) is 0 Å². The van der Waals surface area contributed by atoms with E-state index >= 15 is 0 Å². The van der Waals surface area contributed by atoms with E-state index in [1.54, 1.807) is 27.8 Å². The maximum absolute atomic E-state index is 12.8. The van der Waals surface area contributed by atoms with E-state index in [1.165, 1.54) is 6.33 Å². The Kier molecular flexibility index (Phi) is 4.80. The number of amides is 1. The predicted molar refractivity (Wildman–Crippen MR) is 117 cm³/mol. The van der Waals surface area contributed by atoms with Gasteiger partial charge in [-0.1, -0.05) is 23.5 Å². The fourth-order valence-electron chi connectivity index (χ4n) is 3.68. The molecule has 0 unspecified atom stereocenters. The molecule has 1 fully saturated rings. The lowest BCUT2D eigenvalue weighted by Gasteiger charge is -2.36. The molecule has 10 heteroatoms. The quantitative estimate of drug-likeness (QED) is 0.496. The number of carbonyl (C=O) groups is 1. The number of rotatable bonds is 4. The van der Waals surface area contributed by atoms with Crippen molar-refractivity contribution in [2.45, 2.75) is 6.92 Å². The van der Waals surface area contributed by atoms with Gasteiger partial charge in [0.25, 0.3) is 5.78 Å². The largest absolute Gasteiger partial charge is 0.354 e. The first-order valence-electron chi connectivity index (χ1n) is 9.85. The Morgan fingerprint density at radius 2 is 1.97 bits per heavy atom. The molecule has 154 valence electrons. The highest BCUT2D eigenvalue weighted by Gasteiger charge is 2.24. The molecule has 1 aliphatic rings. The van der Waals surface area contributed by atoms with Gasteiger partial charge < -0.3 is 4.90 Å². The van der Waals surface area contributed by atoms with E-state index < -0.39 is 0 Å². The average Bonchev–Trinajstić information content (AvgIpc) is 3.39. The SMILES string of the molecule is Cc1cc(N2CCN(CC(=O)N(C)c3nc4ccccc4s3)CC2)n2ncnc2n1. The molecule has 1 saturated heterocycles. The Hall–Kier alpha value is -3.11. The van der Waals surface area contributed by atoms with Crippen molar-refractivity contribution >= 4 is 44.2 Å². The summed E-state index contributed by atoms with van der Waals surface area (Å²) in [5.41, 5.74) is 1.85. The number of thiazole rings is 1. The van der Waals surface area contributed by atoms with Crippen LogP contribution in [-0.2, 0) is 4.79 Å². The van der Waals surface area contributed by atoms with Crippen LogP contribution in [0.1, 0.15) is 5.69 Å². The van der Waals surface area contributed by atoms with E-state index in [-0.39, 0.29) is 5.91 Å². The molecule has 0 saturated carbocycles. The van der Waals surface area contributed by atoms with Crippen LogP contribution >= 0.6 is 11.3 Å². The lowest BCUT2D eigenvalue weighted by Crippen LogP contribution is -2.50. The number of fused-ring (bicyclic) bond motifs is 2. The highest BCUT2D eigenvalue weighted by Crippen LogP contribution is 2.28. The van der Waals surface area contributed by atoms with E-state index in [0.29, 0.717) is 12.3 Å². The normalized spacial score (nSPS) is 15.2. The summed E-state index contributed by atoms with van der Waals surface area (Å²) in [7, 11) is 1.80. The summed E-state index contributed by atoms with van der Waals surface area (Å²) in [6.45, 7) is 5.58. The van der Waals surface area contributed by atoms with Crippen LogP contribution in [0.25, 0.3) is 16.0 Å². The van der Waals surface area contributed by atoms with Gasteiger partial charge in [-0.15, -0.1) is 0 Å². The zero-order valence-corrected chi connectivity index (χ0v) is 17.7. The fraction of sp³-hybridized carbons (Fsp3) is 0.350. The standard InChI is InChI=1S/C20H22N8OS/c1-14-11-17(28-19(23-14)21-13-22-28)27-9-7-26(8-10-27)12-18(29)25(2)20-24-15-5-3-4-6-16(15)30-20/h3-6,11,13H,7-10,12H2,1-2H3. The highest BCUT2D eigenvalue weighted by molar-refractivity contribution is 7.22. The zero-order valence-electron chi connectivity index (χ0n) is 16.9. The summed E-state index contributed by atoms with van der Waals surface area (Å²) in [5.74, 6) is 1.66. The van der Waals surface area contributed by atoms with Gasteiger partial charge in [0.1, 0.15) is 12.1 Å². The van der Waals surface area contributed by atoms with Gasteiger partial charge >= 0.3 is 0 Å². The first kappa shape index (κ1) is 18.9. The van der Waals surface area contributed by atoms with Crippen molar-refractivity contribution in [3.63, 3.8) is 0 Å². The van der Waals surface area contributed by atoms with Gasteiger partial charge in [-0.2, -0.15) is 14.6 Å². The second kappa shape index (κ2) is 7.62. The van der Waals surface area contributed by atoms with E-state index in [4.69, 9.17) is 0 Å². The number of likely N-dealkylation sites (N-methyl/N-ethyl adjacent to an activating group) is 1. The van der Waals surface area contributed by atoms with Gasteiger partial charge in [-0.3, -0.25) is 14.6 Å². The van der Waals surface area contributed by atoms with Crippen LogP contribution in [0.5, 0.6) is 0 Å². The molecule has 1 aliphatic heterocycles. The number of aromatic nitrogens is 5. The third-order valence-electron chi connectivity index (χ3n) is 5.36. The molecule has 5 rings (SSSR count). The Balaban J connectivity index is 1.23. The van der Waals surface area contributed by atoms with Gasteiger partial charge in [-0.05, 0) is 19.1 Å². The summed E-state index contributed by atoms with van der Waals surface area (Å²) in [5, 5.41) is 5.04. The van der Waals surface area contributed by atoms with Crippen molar-refractivity contribution in [2.75, 3.05) is 49.6 Å². The minimum Gasteiger partial charge on any atom is -0.354 e. The molecule has 30 heavy (non-hydrogen) atoms. The predicted octanol–water partition coefficient (Wildman–Crippen LogP) is 1.83. The summed E-state index contributed by atoms with van der Waals surface area (Å²) in [6.07, 6.45) is 1.53. The first-order valence-corrected chi connectivity index (χ1v) is 10.7. The molecule has 9 nitrogen and oxygen atoms in total. The molecule has 1 amide bonds. The van der Waals surface area contributed by atoms with Crippen molar-refractivity contribution in [1.82, 2.24) is 29.5 Å². The number of hydrogen-bond acceptors (Lipinski definition) is 8. The van der Waals surface area contributed by atoms with Gasteiger partial charge in [-0.25, -0.2) is 9.97 Å². The van der Waals surface area contributed by atoms with E-state index in [2.05, 4.69) is 29.9 Å². The van der Waals surface area contributed by atoms with Crippen molar-refractivity contribution < 1.29 is 4.79 Å². The Bertz CT molecular complexity index is 1180. The lowest BCUT2D eigenvalue weighted by atomic mass is 10.3. The van der Waals surface area contributed by atoms with Crippen molar-refractivity contribution in [2.24, 2.45) is 0 Å². The van der Waals surface area contributed by atoms with Gasteiger partial charge in [0.15, 0.2) is 5.13 Å². The number of para-hydroxylation sites is 1. The minimum atomic E-state index is 0.0564. The summed E-state index contributed by atoms with van der Waals surface area (Å²) < 4.78 is 2.86. The maximum atomic E-state index is 12.8. The fourth-order valence-corrected chi connectivity index (χ4v) is 4.62. The molecule has 1 aromatic carbocycles. The number of anilines is 2. The molecule has 0 radical (unpaired) electrons. The van der Waals surface area contributed by atoms with Crippen LogP contribution in [-0.4, -0.2) is 75.1 Å². The molecule has 4 heterocycles. The molecular weight excluding hydrogens is 400 g/mol. The number of carbonyl (C=O) groups excluding carboxylic acids is 1. The molecule has 4 aromatic rings. The number of nitrogens with zero attached hydrogens (tertiary/aromatic N) is 8. The van der Waals surface area contributed by atoms with Gasteiger partial charge in [0.2, 0.25) is 5.91 Å². The maximum Gasteiger partial charge on any atom is 0.254 e. The summed E-state index contributed by atoms with van der Waals surface area (Å²) in [4.78, 5) is 32.2. The third-order valence-corrected chi connectivity index (χ3v) is 6.47. The molecule has 0 atom stereocenters. The topological polar surface area (TPSA) is 82.8 Å². The van der Waals surface area contributed by atoms with Gasteiger partial charge in [0.05, 0.1) is 16.8 Å². The monoisotopic (exact) mass is 422 g/mol.